The number of halogens is 3. The normalized spacial score (nSPS) is 11.6. The van der Waals surface area contributed by atoms with Gasteiger partial charge < -0.3 is 14.6 Å². The van der Waals surface area contributed by atoms with E-state index in [-0.39, 0.29) is 29.2 Å². The topological polar surface area (TPSA) is 86.1 Å². The third kappa shape index (κ3) is 4.47. The fourth-order valence-electron chi connectivity index (χ4n) is 2.56. The number of ether oxygens (including phenoxy) is 1. The lowest BCUT2D eigenvalue weighted by molar-refractivity contribution is -0.147. The Balaban J connectivity index is 1.75. The van der Waals surface area contributed by atoms with Crippen LogP contribution in [0.2, 0.25) is 0 Å². The number of thiazole rings is 1. The molecule has 0 saturated carbocycles. The minimum Gasteiger partial charge on any atom is -0.466 e. The molecule has 28 heavy (non-hydrogen) atoms. The molecule has 2 aromatic heterocycles. The van der Waals surface area contributed by atoms with Crippen LogP contribution in [0.25, 0.3) is 11.0 Å². The van der Waals surface area contributed by atoms with Gasteiger partial charge in [-0.15, -0.1) is 11.3 Å². The summed E-state index contributed by atoms with van der Waals surface area (Å²) < 4.78 is 45.5. The number of esters is 1. The molecule has 2 heterocycles. The van der Waals surface area contributed by atoms with Gasteiger partial charge in [-0.25, -0.2) is 9.97 Å². The van der Waals surface area contributed by atoms with Crippen LogP contribution in [0.15, 0.2) is 29.6 Å². The summed E-state index contributed by atoms with van der Waals surface area (Å²) >= 11 is 1.07. The Bertz CT molecular complexity index is 1010. The molecule has 0 aliphatic rings. The summed E-state index contributed by atoms with van der Waals surface area (Å²) in [6.45, 7) is 1.34. The van der Waals surface area contributed by atoms with Gasteiger partial charge in [0.2, 0.25) is 11.7 Å². The summed E-state index contributed by atoms with van der Waals surface area (Å²) in [5.41, 5.74) is 0.753. The van der Waals surface area contributed by atoms with E-state index in [2.05, 4.69) is 15.3 Å². The van der Waals surface area contributed by atoms with E-state index in [1.165, 1.54) is 12.1 Å². The molecule has 1 amide bonds. The average Bonchev–Trinajstić information content (AvgIpc) is 3.19. The smallest absolute Gasteiger partial charge is 0.449 e. The van der Waals surface area contributed by atoms with Crippen LogP contribution in [0.3, 0.4) is 0 Å². The second-order valence-corrected chi connectivity index (χ2v) is 6.54. The number of amides is 1. The Kier molecular flexibility index (Phi) is 5.63. The molecule has 0 radical (unpaired) electrons. The van der Waals surface area contributed by atoms with E-state index in [1.54, 1.807) is 24.4 Å². The fraction of sp³-hybridized carbons (Fsp3) is 0.294. The van der Waals surface area contributed by atoms with Gasteiger partial charge in [0.25, 0.3) is 0 Å². The van der Waals surface area contributed by atoms with Crippen LogP contribution in [0.1, 0.15) is 18.4 Å². The van der Waals surface area contributed by atoms with Gasteiger partial charge in [0, 0.05) is 5.38 Å². The molecule has 0 atom stereocenters. The molecule has 7 nitrogen and oxygen atoms in total. The first-order chi connectivity index (χ1) is 13.3. The maximum absolute atomic E-state index is 13.3. The predicted molar refractivity (Wildman–Crippen MR) is 95.8 cm³/mol. The van der Waals surface area contributed by atoms with Gasteiger partial charge in [-0.1, -0.05) is 12.1 Å². The lowest BCUT2D eigenvalue weighted by Crippen LogP contribution is -2.23. The highest BCUT2D eigenvalue weighted by Gasteiger charge is 2.38. The van der Waals surface area contributed by atoms with E-state index in [9.17, 15) is 22.8 Å². The number of hydrogen-bond donors (Lipinski definition) is 1. The molecule has 0 aliphatic carbocycles. The second-order valence-electron chi connectivity index (χ2n) is 5.68. The number of aromatic nitrogens is 3. The molecule has 0 bridgehead atoms. The van der Waals surface area contributed by atoms with Crippen LogP contribution >= 0.6 is 11.3 Å². The minimum atomic E-state index is -4.70. The van der Waals surface area contributed by atoms with Crippen molar-refractivity contribution in [3.63, 3.8) is 0 Å². The first-order valence-corrected chi connectivity index (χ1v) is 9.08. The van der Waals surface area contributed by atoms with Crippen LogP contribution in [0.5, 0.6) is 0 Å². The van der Waals surface area contributed by atoms with E-state index in [4.69, 9.17) is 4.74 Å². The van der Waals surface area contributed by atoms with Gasteiger partial charge in [0.15, 0.2) is 5.13 Å². The molecule has 0 unspecified atom stereocenters. The number of para-hydroxylation sites is 2. The van der Waals surface area contributed by atoms with Gasteiger partial charge in [-0.05, 0) is 19.1 Å². The van der Waals surface area contributed by atoms with Crippen LogP contribution < -0.4 is 5.32 Å². The van der Waals surface area contributed by atoms with Crippen molar-refractivity contribution in [2.75, 3.05) is 11.9 Å². The number of nitrogens with zero attached hydrogens (tertiary/aromatic N) is 3. The number of rotatable bonds is 6. The fourth-order valence-corrected chi connectivity index (χ4v) is 3.29. The monoisotopic (exact) mass is 412 g/mol. The Morgan fingerprint density at radius 1 is 1.25 bits per heavy atom. The van der Waals surface area contributed by atoms with E-state index in [1.807, 2.05) is 0 Å². The van der Waals surface area contributed by atoms with Crippen LogP contribution in [0.4, 0.5) is 18.3 Å². The number of nitrogens with one attached hydrogen (secondary N) is 1. The molecule has 1 N–H and O–H groups in total. The number of hydrogen-bond acceptors (Lipinski definition) is 6. The Morgan fingerprint density at radius 3 is 2.71 bits per heavy atom. The zero-order valence-electron chi connectivity index (χ0n) is 14.6. The molecule has 1 aromatic carbocycles. The van der Waals surface area contributed by atoms with E-state index >= 15 is 0 Å². The first-order valence-electron chi connectivity index (χ1n) is 8.20. The summed E-state index contributed by atoms with van der Waals surface area (Å²) in [6.07, 6.45) is -4.75. The molecule has 3 aromatic rings. The highest BCUT2D eigenvalue weighted by Crippen LogP contribution is 2.31. The van der Waals surface area contributed by atoms with Crippen molar-refractivity contribution in [1.29, 1.82) is 0 Å². The molecule has 0 aliphatic heterocycles. The van der Waals surface area contributed by atoms with Crippen LogP contribution in [-0.2, 0) is 33.5 Å². The summed E-state index contributed by atoms with van der Waals surface area (Å²) in [7, 11) is 0. The molecular formula is C17H15F3N4O3S. The maximum Gasteiger partial charge on any atom is 0.449 e. The van der Waals surface area contributed by atoms with Gasteiger partial charge in [0.05, 0.1) is 29.8 Å². The molecule has 0 saturated heterocycles. The summed E-state index contributed by atoms with van der Waals surface area (Å²) in [5, 5.41) is 4.20. The number of anilines is 1. The van der Waals surface area contributed by atoms with Crippen molar-refractivity contribution in [3.05, 3.63) is 41.2 Å². The summed E-state index contributed by atoms with van der Waals surface area (Å²) in [6, 6.07) is 6.05. The maximum atomic E-state index is 13.3. The highest BCUT2D eigenvalue weighted by molar-refractivity contribution is 7.13. The largest absolute Gasteiger partial charge is 0.466 e. The van der Waals surface area contributed by atoms with E-state index in [0.717, 1.165) is 15.9 Å². The Hall–Kier alpha value is -2.95. The van der Waals surface area contributed by atoms with Gasteiger partial charge in [-0.2, -0.15) is 13.2 Å². The van der Waals surface area contributed by atoms with Crippen molar-refractivity contribution in [2.24, 2.45) is 0 Å². The molecule has 3 rings (SSSR count). The molecule has 11 heteroatoms. The predicted octanol–water partition coefficient (Wildman–Crippen LogP) is 3.26. The third-order valence-corrected chi connectivity index (χ3v) is 4.45. The molecular weight excluding hydrogens is 397 g/mol. The number of imidazole rings is 1. The summed E-state index contributed by atoms with van der Waals surface area (Å²) in [5.74, 6) is -2.29. The number of alkyl halides is 3. The second kappa shape index (κ2) is 7.97. The van der Waals surface area contributed by atoms with Crippen molar-refractivity contribution >= 4 is 39.4 Å². The minimum absolute atomic E-state index is 0.0510. The Labute approximate surface area is 161 Å². The van der Waals surface area contributed by atoms with E-state index in [0.29, 0.717) is 5.69 Å². The Morgan fingerprint density at radius 2 is 2.00 bits per heavy atom. The van der Waals surface area contributed by atoms with Crippen molar-refractivity contribution in [2.45, 2.75) is 26.1 Å². The van der Waals surface area contributed by atoms with Gasteiger partial charge in [0.1, 0.15) is 6.54 Å². The molecule has 148 valence electrons. The SMILES string of the molecule is CCOC(=O)Cc1csc(NC(=O)Cn2c(C(F)(F)F)nc3ccccc32)n1. The van der Waals surface area contributed by atoms with Crippen LogP contribution in [0, 0.1) is 0 Å². The van der Waals surface area contributed by atoms with Gasteiger partial charge >= 0.3 is 12.1 Å². The van der Waals surface area contributed by atoms with Crippen molar-refractivity contribution in [3.8, 4) is 0 Å². The third-order valence-electron chi connectivity index (χ3n) is 3.64. The average molecular weight is 412 g/mol. The van der Waals surface area contributed by atoms with Crippen molar-refractivity contribution < 1.29 is 27.5 Å². The quantitative estimate of drug-likeness (QED) is 0.628. The summed E-state index contributed by atoms with van der Waals surface area (Å²) in [4.78, 5) is 31.4. The van der Waals surface area contributed by atoms with E-state index < -0.39 is 30.4 Å². The van der Waals surface area contributed by atoms with Crippen molar-refractivity contribution in [1.82, 2.24) is 14.5 Å². The van der Waals surface area contributed by atoms with Crippen LogP contribution in [-0.4, -0.2) is 33.0 Å². The number of carbonyl (C=O) groups is 2. The molecule has 0 fully saturated rings. The molecule has 0 spiro atoms. The lowest BCUT2D eigenvalue weighted by Gasteiger charge is -2.10. The highest BCUT2D eigenvalue weighted by atomic mass is 32.1. The lowest BCUT2D eigenvalue weighted by atomic mass is 10.3. The number of fused-ring (bicyclic) bond motifs is 1. The van der Waals surface area contributed by atoms with Gasteiger partial charge in [-0.3, -0.25) is 9.59 Å². The first kappa shape index (κ1) is 19.8. The number of carbonyl (C=O) groups excluding carboxylic acids is 2. The zero-order chi connectivity index (χ0) is 20.3. The number of benzene rings is 1. The standard InChI is InChI=1S/C17H15F3N4O3S/c1-2-27-14(26)7-10-9-28-16(21-10)23-13(25)8-24-12-6-4-3-5-11(12)22-15(24)17(18,19)20/h3-6,9H,2,7-8H2,1H3,(H,21,23,25). The zero-order valence-corrected chi connectivity index (χ0v) is 15.4.